The molecule has 0 saturated heterocycles. The number of hydrogen-bond acceptors (Lipinski definition) is 7. The molecule has 192 valence electrons. The van der Waals surface area contributed by atoms with E-state index in [9.17, 15) is 23.2 Å². The van der Waals surface area contributed by atoms with Gasteiger partial charge in [-0.25, -0.2) is 4.99 Å². The second-order valence-electron chi connectivity index (χ2n) is 8.01. The standard InChI is InChI=1S/C24H33N3O7S/c25-24(26)27-23(5-2-16-28)34-20-13-6-17(7-14-20)8-15-21(35(31,32)33)3-1-4-22(30)18-9-11-19(29)12-10-18/h1,4,6-7,9-14,21-23,28-30H,2-3,5,8,15-16H2,(H4,25,26,27)(H,31,32,33)/t21-,22+,23-/m0/s1. The molecule has 10 nitrogen and oxygen atoms in total. The highest BCUT2D eigenvalue weighted by Gasteiger charge is 2.21. The van der Waals surface area contributed by atoms with Crippen molar-refractivity contribution < 1.29 is 33.0 Å². The van der Waals surface area contributed by atoms with Gasteiger partial charge in [0.05, 0.1) is 11.4 Å². The van der Waals surface area contributed by atoms with Crippen molar-refractivity contribution in [3.05, 3.63) is 71.8 Å². The van der Waals surface area contributed by atoms with E-state index < -0.39 is 27.7 Å². The number of benzene rings is 2. The minimum absolute atomic E-state index is 0.0152. The maximum absolute atomic E-state index is 11.8. The summed E-state index contributed by atoms with van der Waals surface area (Å²) in [6.07, 6.45) is 2.85. The van der Waals surface area contributed by atoms with Gasteiger partial charge in [0.25, 0.3) is 10.1 Å². The highest BCUT2D eigenvalue weighted by molar-refractivity contribution is 7.86. The summed E-state index contributed by atoms with van der Waals surface area (Å²) in [6.45, 7) is -0.0152. The predicted molar refractivity (Wildman–Crippen MR) is 133 cm³/mol. The second-order valence-corrected chi connectivity index (χ2v) is 9.71. The van der Waals surface area contributed by atoms with E-state index in [-0.39, 0.29) is 31.2 Å². The smallest absolute Gasteiger partial charge is 0.268 e. The number of aryl methyl sites for hydroxylation is 1. The number of aromatic hydroxyl groups is 1. The molecule has 0 aliphatic heterocycles. The summed E-state index contributed by atoms with van der Waals surface area (Å²) in [5, 5.41) is 27.5. The zero-order valence-corrected chi connectivity index (χ0v) is 20.1. The van der Waals surface area contributed by atoms with Gasteiger partial charge in [-0.2, -0.15) is 8.42 Å². The summed E-state index contributed by atoms with van der Waals surface area (Å²) in [7, 11) is -4.30. The number of phenolic OH excluding ortho intramolecular Hbond substituents is 1. The monoisotopic (exact) mass is 507 g/mol. The first-order valence-electron chi connectivity index (χ1n) is 11.1. The van der Waals surface area contributed by atoms with Crippen LogP contribution in [-0.2, 0) is 16.5 Å². The Bertz CT molecular complexity index is 1070. The van der Waals surface area contributed by atoms with Gasteiger partial charge in [0.1, 0.15) is 11.5 Å². The van der Waals surface area contributed by atoms with Crippen LogP contribution in [0, 0.1) is 0 Å². The predicted octanol–water partition coefficient (Wildman–Crippen LogP) is 2.01. The third-order valence-corrected chi connectivity index (χ3v) is 6.50. The second kappa shape index (κ2) is 13.7. The molecule has 0 aliphatic carbocycles. The summed E-state index contributed by atoms with van der Waals surface area (Å²) in [4.78, 5) is 3.99. The molecule has 35 heavy (non-hydrogen) atoms. The Morgan fingerprint density at radius 2 is 1.71 bits per heavy atom. The molecule has 11 heteroatoms. The molecule has 0 fully saturated rings. The molecule has 2 aromatic rings. The number of aliphatic hydroxyl groups excluding tert-OH is 2. The lowest BCUT2D eigenvalue weighted by Gasteiger charge is -2.16. The van der Waals surface area contributed by atoms with Gasteiger partial charge >= 0.3 is 0 Å². The zero-order chi connectivity index (χ0) is 25.8. The molecule has 0 amide bonds. The Kier molecular flexibility index (Phi) is 11.0. The van der Waals surface area contributed by atoms with Gasteiger partial charge in [0.15, 0.2) is 12.2 Å². The van der Waals surface area contributed by atoms with E-state index in [0.29, 0.717) is 30.6 Å². The Labute approximate surface area is 205 Å². The van der Waals surface area contributed by atoms with Gasteiger partial charge < -0.3 is 31.5 Å². The molecule has 0 heterocycles. The van der Waals surface area contributed by atoms with E-state index >= 15 is 0 Å². The maximum atomic E-state index is 11.8. The lowest BCUT2D eigenvalue weighted by molar-refractivity contribution is 0.180. The van der Waals surface area contributed by atoms with Crippen LogP contribution in [0.2, 0.25) is 0 Å². The minimum atomic E-state index is -4.30. The van der Waals surface area contributed by atoms with Gasteiger partial charge in [-0.1, -0.05) is 36.4 Å². The van der Waals surface area contributed by atoms with Crippen LogP contribution in [0.3, 0.4) is 0 Å². The van der Waals surface area contributed by atoms with E-state index in [4.69, 9.17) is 21.3 Å². The number of guanidine groups is 1. The first-order valence-corrected chi connectivity index (χ1v) is 12.6. The van der Waals surface area contributed by atoms with Crippen molar-refractivity contribution in [3.63, 3.8) is 0 Å². The lowest BCUT2D eigenvalue weighted by atomic mass is 10.1. The number of allylic oxidation sites excluding steroid dienone is 1. The molecule has 0 saturated carbocycles. The van der Waals surface area contributed by atoms with Gasteiger partial charge in [0, 0.05) is 13.0 Å². The van der Waals surface area contributed by atoms with Crippen LogP contribution in [0.1, 0.15) is 42.9 Å². The van der Waals surface area contributed by atoms with Gasteiger partial charge in [-0.15, -0.1) is 0 Å². The third-order valence-electron chi connectivity index (χ3n) is 5.23. The quantitative estimate of drug-likeness (QED) is 0.0961. The topological polar surface area (TPSA) is 189 Å². The molecule has 0 radical (unpaired) electrons. The molecule has 0 unspecified atom stereocenters. The van der Waals surface area contributed by atoms with Crippen LogP contribution in [0.5, 0.6) is 11.5 Å². The third kappa shape index (κ3) is 10.4. The summed E-state index contributed by atoms with van der Waals surface area (Å²) in [5.41, 5.74) is 12.2. The Morgan fingerprint density at radius 3 is 2.29 bits per heavy atom. The molecular formula is C24H33N3O7S. The maximum Gasteiger partial charge on any atom is 0.268 e. The first kappa shape index (κ1) is 28.1. The largest absolute Gasteiger partial charge is 0.508 e. The fourth-order valence-electron chi connectivity index (χ4n) is 3.33. The van der Waals surface area contributed by atoms with Crippen LogP contribution < -0.4 is 16.2 Å². The Morgan fingerprint density at radius 1 is 1.06 bits per heavy atom. The Balaban J connectivity index is 1.95. The molecule has 0 bridgehead atoms. The molecule has 0 aromatic heterocycles. The molecule has 0 aliphatic rings. The van der Waals surface area contributed by atoms with E-state index in [1.54, 1.807) is 36.4 Å². The molecular weight excluding hydrogens is 474 g/mol. The van der Waals surface area contributed by atoms with E-state index in [1.807, 2.05) is 0 Å². The van der Waals surface area contributed by atoms with E-state index in [1.165, 1.54) is 24.3 Å². The number of nitrogens with two attached hydrogens (primary N) is 2. The normalized spacial score (nSPS) is 14.4. The Hall–Kier alpha value is -3.12. The number of aliphatic hydroxyl groups is 2. The number of rotatable bonds is 14. The average molecular weight is 508 g/mol. The summed E-state index contributed by atoms with van der Waals surface area (Å²) in [6, 6.07) is 13.0. The fraction of sp³-hybridized carbons (Fsp3) is 0.375. The van der Waals surface area contributed by atoms with Crippen molar-refractivity contribution in [2.24, 2.45) is 16.5 Å². The summed E-state index contributed by atoms with van der Waals surface area (Å²) < 4.78 is 39.1. The van der Waals surface area contributed by atoms with Crippen LogP contribution in [0.25, 0.3) is 0 Å². The van der Waals surface area contributed by atoms with Gasteiger partial charge in [-0.3, -0.25) is 4.55 Å². The molecule has 2 aromatic carbocycles. The van der Waals surface area contributed by atoms with Crippen molar-refractivity contribution in [1.82, 2.24) is 0 Å². The molecule has 3 atom stereocenters. The number of phenols is 1. The van der Waals surface area contributed by atoms with Crippen LogP contribution in [0.15, 0.2) is 65.7 Å². The van der Waals surface area contributed by atoms with Crippen molar-refractivity contribution in [2.75, 3.05) is 6.61 Å². The number of nitrogens with zero attached hydrogens (tertiary/aromatic N) is 1. The lowest BCUT2D eigenvalue weighted by Crippen LogP contribution is -2.27. The van der Waals surface area contributed by atoms with Crippen molar-refractivity contribution in [1.29, 1.82) is 0 Å². The van der Waals surface area contributed by atoms with Crippen LogP contribution >= 0.6 is 0 Å². The van der Waals surface area contributed by atoms with Gasteiger partial charge in [-0.05, 0) is 61.1 Å². The SMILES string of the molecule is NC(N)=N[C@H](CCCO)Oc1ccc(CC[C@H](CC=C[C@@H](O)c2ccc(O)cc2)S(=O)(=O)O)cc1. The van der Waals surface area contributed by atoms with Crippen LogP contribution in [0.4, 0.5) is 0 Å². The fourth-order valence-corrected chi connectivity index (χ4v) is 4.10. The minimum Gasteiger partial charge on any atom is -0.508 e. The summed E-state index contributed by atoms with van der Waals surface area (Å²) in [5.74, 6) is 0.468. The van der Waals surface area contributed by atoms with Gasteiger partial charge in [0.2, 0.25) is 0 Å². The number of hydrogen-bond donors (Lipinski definition) is 6. The van der Waals surface area contributed by atoms with Crippen LogP contribution in [-0.4, -0.2) is 52.3 Å². The molecule has 0 spiro atoms. The van der Waals surface area contributed by atoms with Crippen molar-refractivity contribution in [3.8, 4) is 11.5 Å². The number of aliphatic imine (C=N–C) groups is 1. The molecule has 8 N–H and O–H groups in total. The zero-order valence-electron chi connectivity index (χ0n) is 19.3. The average Bonchev–Trinajstić information content (AvgIpc) is 2.79. The van der Waals surface area contributed by atoms with E-state index in [0.717, 1.165) is 5.56 Å². The number of ether oxygens (including phenoxy) is 1. The molecule has 2 rings (SSSR count). The summed E-state index contributed by atoms with van der Waals surface area (Å²) >= 11 is 0. The highest BCUT2D eigenvalue weighted by atomic mass is 32.2. The first-order chi connectivity index (χ1) is 16.6. The van der Waals surface area contributed by atoms with E-state index in [2.05, 4.69) is 4.99 Å². The highest BCUT2D eigenvalue weighted by Crippen LogP contribution is 2.21. The van der Waals surface area contributed by atoms with Crippen molar-refractivity contribution in [2.45, 2.75) is 49.7 Å². The van der Waals surface area contributed by atoms with Crippen molar-refractivity contribution >= 4 is 16.1 Å².